The van der Waals surface area contributed by atoms with Crippen molar-refractivity contribution in [2.45, 2.75) is 38.1 Å². The molecule has 1 aliphatic heterocycles. The fourth-order valence-corrected chi connectivity index (χ4v) is 3.57. The van der Waals surface area contributed by atoms with Gasteiger partial charge in [-0.15, -0.1) is 12.4 Å². The van der Waals surface area contributed by atoms with E-state index < -0.39 is 0 Å². The molecule has 2 aliphatic rings. The second kappa shape index (κ2) is 7.81. The van der Waals surface area contributed by atoms with Gasteiger partial charge in [0, 0.05) is 6.54 Å². The summed E-state index contributed by atoms with van der Waals surface area (Å²) < 4.78 is 0. The van der Waals surface area contributed by atoms with Crippen LogP contribution in [-0.2, 0) is 4.79 Å². The minimum atomic E-state index is 0. The minimum absolute atomic E-state index is 0. The lowest BCUT2D eigenvalue weighted by atomic mass is 9.91. The van der Waals surface area contributed by atoms with Gasteiger partial charge in [-0.2, -0.15) is 0 Å². The predicted molar refractivity (Wildman–Crippen MR) is 87.5 cm³/mol. The zero-order valence-corrected chi connectivity index (χ0v) is 13.2. The molecule has 3 rings (SSSR count). The summed E-state index contributed by atoms with van der Waals surface area (Å²) in [5.74, 6) is 0.995. The van der Waals surface area contributed by atoms with Gasteiger partial charge >= 0.3 is 0 Å². The molecule has 2 fully saturated rings. The van der Waals surface area contributed by atoms with Crippen molar-refractivity contribution in [3.8, 4) is 0 Å². The lowest BCUT2D eigenvalue weighted by molar-refractivity contribution is -0.125. The summed E-state index contributed by atoms with van der Waals surface area (Å²) in [7, 11) is 0. The lowest BCUT2D eigenvalue weighted by Crippen LogP contribution is -2.37. The molecule has 1 aromatic rings. The molecule has 21 heavy (non-hydrogen) atoms. The average molecular weight is 309 g/mol. The van der Waals surface area contributed by atoms with Gasteiger partial charge in [0.15, 0.2) is 0 Å². The number of nitrogens with one attached hydrogen (secondary N) is 2. The summed E-state index contributed by atoms with van der Waals surface area (Å²) in [6.45, 7) is 1.80. The van der Waals surface area contributed by atoms with E-state index >= 15 is 0 Å². The standard InChI is InChI=1S/C17H24N2O.ClH/c20-17(15-10-11-18-12-15)19-16(14-8-4-5-9-14)13-6-2-1-3-7-13;/h1-3,6-7,14-16,18H,4-5,8-12H2,(H,19,20);1H. The van der Waals surface area contributed by atoms with Crippen LogP contribution in [-0.4, -0.2) is 19.0 Å². The zero-order chi connectivity index (χ0) is 13.8. The van der Waals surface area contributed by atoms with E-state index in [1.807, 2.05) is 6.07 Å². The van der Waals surface area contributed by atoms with Crippen molar-refractivity contribution in [2.24, 2.45) is 11.8 Å². The first kappa shape index (κ1) is 16.3. The van der Waals surface area contributed by atoms with Crippen molar-refractivity contribution in [2.75, 3.05) is 13.1 Å². The highest BCUT2D eigenvalue weighted by molar-refractivity contribution is 5.85. The third kappa shape index (κ3) is 3.98. The Morgan fingerprint density at radius 1 is 1.14 bits per heavy atom. The van der Waals surface area contributed by atoms with Crippen LogP contribution in [0.5, 0.6) is 0 Å². The van der Waals surface area contributed by atoms with E-state index in [9.17, 15) is 4.79 Å². The van der Waals surface area contributed by atoms with E-state index in [0.717, 1.165) is 19.5 Å². The number of halogens is 1. The molecule has 2 N–H and O–H groups in total. The largest absolute Gasteiger partial charge is 0.349 e. The zero-order valence-electron chi connectivity index (χ0n) is 12.4. The monoisotopic (exact) mass is 308 g/mol. The fourth-order valence-electron chi connectivity index (χ4n) is 3.57. The summed E-state index contributed by atoms with van der Waals surface area (Å²) in [4.78, 5) is 12.4. The van der Waals surface area contributed by atoms with Gasteiger partial charge in [0.1, 0.15) is 0 Å². The van der Waals surface area contributed by atoms with Crippen molar-refractivity contribution < 1.29 is 4.79 Å². The SMILES string of the molecule is Cl.O=C(NC(c1ccccc1)C1CCCC1)C1CCNC1. The smallest absolute Gasteiger partial charge is 0.224 e. The molecule has 3 nitrogen and oxygen atoms in total. The van der Waals surface area contributed by atoms with E-state index in [4.69, 9.17) is 0 Å². The van der Waals surface area contributed by atoms with E-state index in [1.165, 1.54) is 31.2 Å². The molecule has 1 saturated heterocycles. The molecule has 1 aromatic carbocycles. The molecule has 1 saturated carbocycles. The minimum Gasteiger partial charge on any atom is -0.349 e. The third-order valence-corrected chi connectivity index (χ3v) is 4.76. The van der Waals surface area contributed by atoms with Gasteiger partial charge in [0.2, 0.25) is 5.91 Å². The first-order valence-electron chi connectivity index (χ1n) is 7.90. The Labute approximate surface area is 133 Å². The van der Waals surface area contributed by atoms with E-state index in [-0.39, 0.29) is 30.3 Å². The van der Waals surface area contributed by atoms with Gasteiger partial charge in [-0.05, 0) is 37.3 Å². The number of rotatable bonds is 4. The molecule has 1 heterocycles. The van der Waals surface area contributed by atoms with Crippen molar-refractivity contribution in [1.82, 2.24) is 10.6 Å². The summed E-state index contributed by atoms with van der Waals surface area (Å²) in [6, 6.07) is 10.7. The normalized spacial score (nSPS) is 23.5. The van der Waals surface area contributed by atoms with Crippen LogP contribution in [0.25, 0.3) is 0 Å². The third-order valence-electron chi connectivity index (χ3n) is 4.76. The Morgan fingerprint density at radius 3 is 2.48 bits per heavy atom. The number of hydrogen-bond donors (Lipinski definition) is 2. The molecular formula is C17H25ClN2O. The van der Waals surface area contributed by atoms with Crippen LogP contribution < -0.4 is 10.6 Å². The average Bonchev–Trinajstić information content (AvgIpc) is 3.18. The Hall–Kier alpha value is -1.06. The predicted octanol–water partition coefficient (Wildman–Crippen LogP) is 3.07. The Kier molecular flexibility index (Phi) is 6.07. The van der Waals surface area contributed by atoms with Crippen LogP contribution in [0.15, 0.2) is 30.3 Å². The molecule has 0 bridgehead atoms. The Bertz CT molecular complexity index is 439. The number of amides is 1. The Balaban J connectivity index is 0.00000161. The maximum Gasteiger partial charge on any atom is 0.224 e. The maximum absolute atomic E-state index is 12.4. The molecule has 2 atom stereocenters. The molecule has 1 aliphatic carbocycles. The second-order valence-corrected chi connectivity index (χ2v) is 6.13. The summed E-state index contributed by atoms with van der Waals surface area (Å²) >= 11 is 0. The van der Waals surface area contributed by atoms with Gasteiger partial charge in [-0.3, -0.25) is 4.79 Å². The number of carbonyl (C=O) groups excluding carboxylic acids is 1. The first-order valence-corrected chi connectivity index (χ1v) is 7.90. The number of benzene rings is 1. The molecule has 1 amide bonds. The van der Waals surface area contributed by atoms with Gasteiger partial charge < -0.3 is 10.6 Å². The highest BCUT2D eigenvalue weighted by Crippen LogP contribution is 2.35. The van der Waals surface area contributed by atoms with E-state index in [2.05, 4.69) is 34.9 Å². The molecule has 4 heteroatoms. The lowest BCUT2D eigenvalue weighted by Gasteiger charge is -2.26. The molecule has 0 aromatic heterocycles. The highest BCUT2D eigenvalue weighted by Gasteiger charge is 2.30. The van der Waals surface area contributed by atoms with Gasteiger partial charge in [0.25, 0.3) is 0 Å². The maximum atomic E-state index is 12.4. The van der Waals surface area contributed by atoms with E-state index in [1.54, 1.807) is 0 Å². The van der Waals surface area contributed by atoms with Gasteiger partial charge in [-0.1, -0.05) is 43.2 Å². The molecule has 116 valence electrons. The van der Waals surface area contributed by atoms with Gasteiger partial charge in [-0.25, -0.2) is 0 Å². The van der Waals surface area contributed by atoms with Crippen molar-refractivity contribution in [1.29, 1.82) is 0 Å². The van der Waals surface area contributed by atoms with Crippen LogP contribution >= 0.6 is 12.4 Å². The van der Waals surface area contributed by atoms with Crippen LogP contribution in [0.4, 0.5) is 0 Å². The van der Waals surface area contributed by atoms with Crippen LogP contribution in [0.3, 0.4) is 0 Å². The molecule has 2 unspecified atom stereocenters. The second-order valence-electron chi connectivity index (χ2n) is 6.13. The van der Waals surface area contributed by atoms with Crippen molar-refractivity contribution >= 4 is 18.3 Å². The van der Waals surface area contributed by atoms with Crippen LogP contribution in [0.1, 0.15) is 43.7 Å². The Morgan fingerprint density at radius 2 is 1.86 bits per heavy atom. The topological polar surface area (TPSA) is 41.1 Å². The highest BCUT2D eigenvalue weighted by atomic mass is 35.5. The number of carbonyl (C=O) groups is 1. The van der Waals surface area contributed by atoms with Crippen molar-refractivity contribution in [3.05, 3.63) is 35.9 Å². The number of hydrogen-bond acceptors (Lipinski definition) is 2. The summed E-state index contributed by atoms with van der Waals surface area (Å²) in [5.41, 5.74) is 1.26. The van der Waals surface area contributed by atoms with Gasteiger partial charge in [0.05, 0.1) is 12.0 Å². The van der Waals surface area contributed by atoms with E-state index in [0.29, 0.717) is 5.92 Å². The fraction of sp³-hybridized carbons (Fsp3) is 0.588. The molecular weight excluding hydrogens is 284 g/mol. The summed E-state index contributed by atoms with van der Waals surface area (Å²) in [5, 5.41) is 6.61. The molecule has 0 radical (unpaired) electrons. The summed E-state index contributed by atoms with van der Waals surface area (Å²) in [6.07, 6.45) is 6.05. The molecule has 0 spiro atoms. The van der Waals surface area contributed by atoms with Crippen molar-refractivity contribution in [3.63, 3.8) is 0 Å². The van der Waals surface area contributed by atoms with Crippen LogP contribution in [0, 0.1) is 11.8 Å². The first-order chi connectivity index (χ1) is 9.84. The quantitative estimate of drug-likeness (QED) is 0.897. The van der Waals surface area contributed by atoms with Crippen LogP contribution in [0.2, 0.25) is 0 Å².